The molecule has 0 bridgehead atoms. The van der Waals surface area contributed by atoms with E-state index in [2.05, 4.69) is 5.32 Å². The number of esters is 2. The number of anilines is 1. The van der Waals surface area contributed by atoms with Crippen molar-refractivity contribution in [3.63, 3.8) is 0 Å². The van der Waals surface area contributed by atoms with Gasteiger partial charge >= 0.3 is 11.9 Å². The fourth-order valence-electron chi connectivity index (χ4n) is 3.66. The van der Waals surface area contributed by atoms with E-state index in [4.69, 9.17) is 15.2 Å². The van der Waals surface area contributed by atoms with Crippen LogP contribution in [0.25, 0.3) is 0 Å². The van der Waals surface area contributed by atoms with Crippen LogP contribution in [0.15, 0.2) is 60.7 Å². The molecule has 0 aliphatic heterocycles. The molecule has 0 saturated carbocycles. The standard InChI is InChI=1S/C27H35N3O8S/c1-3-37-25(32)17-30(21-13-9-6-10-14-21)26(33)23(19-39(35,36)18-20-11-7-5-8-12-20)29-24(31)16-15-22(28)27(34)38-4-2/h5-14,22-23H,3-4,15-19,28H2,1-2H3,(H,29,31)/t22-,23-/m0/s1. The van der Waals surface area contributed by atoms with Crippen molar-refractivity contribution in [2.24, 2.45) is 5.73 Å². The van der Waals surface area contributed by atoms with Gasteiger partial charge in [-0.3, -0.25) is 24.1 Å². The van der Waals surface area contributed by atoms with Gasteiger partial charge in [0.1, 0.15) is 18.6 Å². The van der Waals surface area contributed by atoms with Crippen molar-refractivity contribution in [3.05, 3.63) is 66.2 Å². The van der Waals surface area contributed by atoms with Crippen molar-refractivity contribution in [1.29, 1.82) is 0 Å². The second-order valence-electron chi connectivity index (χ2n) is 8.62. The molecule has 39 heavy (non-hydrogen) atoms. The third-order valence-corrected chi connectivity index (χ3v) is 7.10. The Morgan fingerprint density at radius 2 is 1.51 bits per heavy atom. The smallest absolute Gasteiger partial charge is 0.326 e. The second kappa shape index (κ2) is 15.6. The number of carbonyl (C=O) groups excluding carboxylic acids is 4. The SMILES string of the molecule is CCOC(=O)CN(C(=O)[C@H](CS(=O)(=O)Cc1ccccc1)NC(=O)CC[C@H](N)C(=O)OCC)c1ccccc1. The molecule has 2 rings (SSSR count). The van der Waals surface area contributed by atoms with Crippen LogP contribution in [-0.4, -0.2) is 69.8 Å². The van der Waals surface area contributed by atoms with Gasteiger partial charge in [-0.2, -0.15) is 0 Å². The average molecular weight is 562 g/mol. The molecule has 0 unspecified atom stereocenters. The molecular formula is C27H35N3O8S. The highest BCUT2D eigenvalue weighted by Crippen LogP contribution is 2.17. The molecule has 0 saturated heterocycles. The largest absolute Gasteiger partial charge is 0.465 e. The number of nitrogens with two attached hydrogens (primary N) is 1. The van der Waals surface area contributed by atoms with Crippen LogP contribution in [0.1, 0.15) is 32.3 Å². The van der Waals surface area contributed by atoms with Gasteiger partial charge in [0.25, 0.3) is 5.91 Å². The van der Waals surface area contributed by atoms with Crippen LogP contribution in [0.3, 0.4) is 0 Å². The number of nitrogens with zero attached hydrogens (tertiary/aromatic N) is 1. The number of benzene rings is 2. The number of ether oxygens (including phenoxy) is 2. The number of carbonyl (C=O) groups is 4. The van der Waals surface area contributed by atoms with Crippen LogP contribution in [0.4, 0.5) is 5.69 Å². The summed E-state index contributed by atoms with van der Waals surface area (Å²) in [7, 11) is -3.91. The zero-order valence-electron chi connectivity index (χ0n) is 22.1. The van der Waals surface area contributed by atoms with Gasteiger partial charge in [-0.05, 0) is 38.0 Å². The summed E-state index contributed by atoms with van der Waals surface area (Å²) in [5.74, 6) is -3.95. The first-order valence-corrected chi connectivity index (χ1v) is 14.4. The van der Waals surface area contributed by atoms with Gasteiger partial charge in [0, 0.05) is 12.1 Å². The molecule has 0 heterocycles. The van der Waals surface area contributed by atoms with Gasteiger partial charge in [-0.1, -0.05) is 48.5 Å². The number of rotatable bonds is 15. The van der Waals surface area contributed by atoms with Crippen LogP contribution in [0.2, 0.25) is 0 Å². The molecule has 0 radical (unpaired) electrons. The molecular weight excluding hydrogens is 526 g/mol. The van der Waals surface area contributed by atoms with Gasteiger partial charge in [-0.25, -0.2) is 8.42 Å². The monoisotopic (exact) mass is 561 g/mol. The summed E-state index contributed by atoms with van der Waals surface area (Å²) in [6, 6.07) is 14.0. The maximum Gasteiger partial charge on any atom is 0.326 e. The summed E-state index contributed by atoms with van der Waals surface area (Å²) in [4.78, 5) is 51.7. The van der Waals surface area contributed by atoms with Crippen LogP contribution >= 0.6 is 0 Å². The Labute approximate surface area is 228 Å². The minimum absolute atomic E-state index is 0.0758. The van der Waals surface area contributed by atoms with Crippen molar-refractivity contribution in [2.75, 3.05) is 30.4 Å². The predicted octanol–water partition coefficient (Wildman–Crippen LogP) is 1.35. The number of amides is 2. The highest BCUT2D eigenvalue weighted by molar-refractivity contribution is 7.90. The molecule has 3 N–H and O–H groups in total. The lowest BCUT2D eigenvalue weighted by atomic mass is 10.1. The van der Waals surface area contributed by atoms with Crippen molar-refractivity contribution >= 4 is 39.3 Å². The highest BCUT2D eigenvalue weighted by atomic mass is 32.2. The topological polar surface area (TPSA) is 162 Å². The Morgan fingerprint density at radius 3 is 2.10 bits per heavy atom. The van der Waals surface area contributed by atoms with Crippen molar-refractivity contribution in [3.8, 4) is 0 Å². The minimum atomic E-state index is -3.91. The molecule has 2 aromatic carbocycles. The van der Waals surface area contributed by atoms with E-state index in [1.54, 1.807) is 74.5 Å². The Hall–Kier alpha value is -3.77. The van der Waals surface area contributed by atoms with Gasteiger partial charge < -0.3 is 20.5 Å². The van der Waals surface area contributed by atoms with E-state index in [9.17, 15) is 27.6 Å². The lowest BCUT2D eigenvalue weighted by Gasteiger charge is -2.27. The van der Waals surface area contributed by atoms with E-state index in [0.29, 0.717) is 11.3 Å². The molecule has 0 fully saturated rings. The maximum absolute atomic E-state index is 13.7. The Bertz CT molecular complexity index is 1210. The number of para-hydroxylation sites is 1. The minimum Gasteiger partial charge on any atom is -0.465 e. The molecule has 2 aromatic rings. The van der Waals surface area contributed by atoms with Gasteiger partial charge in [0.2, 0.25) is 5.91 Å². The fraction of sp³-hybridized carbons (Fsp3) is 0.407. The Morgan fingerprint density at radius 1 is 0.923 bits per heavy atom. The highest BCUT2D eigenvalue weighted by Gasteiger charge is 2.33. The third-order valence-electron chi connectivity index (χ3n) is 5.48. The fourth-order valence-corrected chi connectivity index (χ4v) is 5.22. The molecule has 0 aliphatic rings. The van der Waals surface area contributed by atoms with Crippen LogP contribution < -0.4 is 16.0 Å². The van der Waals surface area contributed by atoms with Gasteiger partial charge in [0.15, 0.2) is 9.84 Å². The molecule has 0 aliphatic carbocycles. The summed E-state index contributed by atoms with van der Waals surface area (Å²) in [5.41, 5.74) is 6.60. The zero-order valence-corrected chi connectivity index (χ0v) is 22.9. The molecule has 2 atom stereocenters. The third kappa shape index (κ3) is 10.9. The van der Waals surface area contributed by atoms with Crippen molar-refractivity contribution in [1.82, 2.24) is 5.32 Å². The number of nitrogens with one attached hydrogen (secondary N) is 1. The number of hydrogen-bond acceptors (Lipinski definition) is 9. The van der Waals surface area contributed by atoms with E-state index in [1.165, 1.54) is 0 Å². The summed E-state index contributed by atoms with van der Waals surface area (Å²) < 4.78 is 36.1. The lowest BCUT2D eigenvalue weighted by molar-refractivity contribution is -0.145. The summed E-state index contributed by atoms with van der Waals surface area (Å²) in [6.45, 7) is 2.97. The quantitative estimate of drug-likeness (QED) is 0.306. The second-order valence-corrected chi connectivity index (χ2v) is 10.7. The first-order valence-electron chi connectivity index (χ1n) is 12.5. The molecule has 212 valence electrons. The predicted molar refractivity (Wildman–Crippen MR) is 145 cm³/mol. The average Bonchev–Trinajstić information content (AvgIpc) is 2.90. The molecule has 0 aromatic heterocycles. The first kappa shape index (κ1) is 31.4. The molecule has 12 heteroatoms. The van der Waals surface area contributed by atoms with E-state index in [1.807, 2.05) is 0 Å². The van der Waals surface area contributed by atoms with Crippen molar-refractivity contribution in [2.45, 2.75) is 44.5 Å². The van der Waals surface area contributed by atoms with E-state index >= 15 is 0 Å². The van der Waals surface area contributed by atoms with E-state index in [0.717, 1.165) is 4.90 Å². The summed E-state index contributed by atoms with van der Waals surface area (Å²) in [5, 5.41) is 2.47. The number of hydrogen-bond donors (Lipinski definition) is 2. The molecule has 0 spiro atoms. The maximum atomic E-state index is 13.7. The molecule has 11 nitrogen and oxygen atoms in total. The molecule has 2 amide bonds. The van der Waals surface area contributed by atoms with Crippen LogP contribution in [0, 0.1) is 0 Å². The summed E-state index contributed by atoms with van der Waals surface area (Å²) in [6.07, 6.45) is -0.334. The number of sulfone groups is 1. The lowest BCUT2D eigenvalue weighted by Crippen LogP contribution is -2.53. The van der Waals surface area contributed by atoms with Crippen LogP contribution in [0.5, 0.6) is 0 Å². The van der Waals surface area contributed by atoms with Crippen LogP contribution in [-0.2, 0) is 44.2 Å². The van der Waals surface area contributed by atoms with Crippen molar-refractivity contribution < 1.29 is 37.1 Å². The first-order chi connectivity index (χ1) is 18.6. The Balaban J connectivity index is 2.31. The van der Waals surface area contributed by atoms with Gasteiger partial charge in [0.05, 0.1) is 24.7 Å². The zero-order chi connectivity index (χ0) is 28.8. The normalized spacial score (nSPS) is 12.6. The van der Waals surface area contributed by atoms with E-state index < -0.39 is 58.0 Å². The summed E-state index contributed by atoms with van der Waals surface area (Å²) >= 11 is 0. The van der Waals surface area contributed by atoms with Gasteiger partial charge in [-0.15, -0.1) is 0 Å². The Kier molecular flexibility index (Phi) is 12.6. The van der Waals surface area contributed by atoms with E-state index in [-0.39, 0.29) is 31.8 Å².